The highest BCUT2D eigenvalue weighted by Gasteiger charge is 2.14. The second-order valence-corrected chi connectivity index (χ2v) is 9.08. The molecule has 3 rings (SSSR count). The van der Waals surface area contributed by atoms with E-state index in [9.17, 15) is 13.2 Å². The molecule has 0 spiro atoms. The van der Waals surface area contributed by atoms with Gasteiger partial charge in [0.1, 0.15) is 0 Å². The van der Waals surface area contributed by atoms with E-state index < -0.39 is 10.0 Å². The van der Waals surface area contributed by atoms with Crippen LogP contribution in [0.15, 0.2) is 47.3 Å². The lowest BCUT2D eigenvalue weighted by Crippen LogP contribution is -2.15. The average molecular weight is 377 g/mol. The topological polar surface area (TPSA) is 68.2 Å². The van der Waals surface area contributed by atoms with Crippen molar-refractivity contribution in [3.05, 3.63) is 63.3 Å². The largest absolute Gasteiger partial charge is 0.308 e. The van der Waals surface area contributed by atoms with Crippen LogP contribution in [0, 0.1) is 6.92 Å². The van der Waals surface area contributed by atoms with Gasteiger partial charge in [0.05, 0.1) is 21.7 Å². The van der Waals surface area contributed by atoms with E-state index >= 15 is 0 Å². The number of thiazole rings is 1. The lowest BCUT2D eigenvalue weighted by molar-refractivity contribution is 0.600. The van der Waals surface area contributed by atoms with Gasteiger partial charge in [0, 0.05) is 6.04 Å². The van der Waals surface area contributed by atoms with E-state index in [1.54, 1.807) is 22.8 Å². The quantitative estimate of drug-likeness (QED) is 0.734. The minimum atomic E-state index is -3.52. The molecule has 25 heavy (non-hydrogen) atoms. The van der Waals surface area contributed by atoms with Gasteiger partial charge in [0.2, 0.25) is 10.0 Å². The van der Waals surface area contributed by atoms with Crippen LogP contribution in [-0.4, -0.2) is 13.0 Å². The number of anilines is 1. The zero-order chi connectivity index (χ0) is 18.2. The third-order valence-corrected chi connectivity index (χ3v) is 6.06. The minimum Gasteiger partial charge on any atom is -0.296 e. The van der Waals surface area contributed by atoms with E-state index in [1.807, 2.05) is 45.0 Å². The number of nitrogens with one attached hydrogen (secondary N) is 1. The Kier molecular flexibility index (Phi) is 4.71. The van der Waals surface area contributed by atoms with Crippen molar-refractivity contribution in [2.75, 3.05) is 4.72 Å². The van der Waals surface area contributed by atoms with Crippen molar-refractivity contribution in [1.82, 2.24) is 4.57 Å². The Balaban J connectivity index is 1.87. The summed E-state index contributed by atoms with van der Waals surface area (Å²) in [5.74, 6) is -0.0887. The Hall–Kier alpha value is -2.12. The van der Waals surface area contributed by atoms with E-state index in [0.29, 0.717) is 5.69 Å². The van der Waals surface area contributed by atoms with Crippen LogP contribution in [0.4, 0.5) is 5.69 Å². The molecule has 2 aromatic carbocycles. The predicted octanol–water partition coefficient (Wildman–Crippen LogP) is 3.89. The fourth-order valence-corrected chi connectivity index (χ4v) is 4.95. The van der Waals surface area contributed by atoms with Gasteiger partial charge in [-0.05, 0) is 44.5 Å². The van der Waals surface area contributed by atoms with Gasteiger partial charge >= 0.3 is 4.87 Å². The summed E-state index contributed by atoms with van der Waals surface area (Å²) in [5, 5.41) is 0. The molecule has 0 saturated heterocycles. The maximum absolute atomic E-state index is 12.4. The van der Waals surface area contributed by atoms with Gasteiger partial charge in [0.15, 0.2) is 0 Å². The van der Waals surface area contributed by atoms with Crippen LogP contribution in [0.1, 0.15) is 31.0 Å². The molecule has 0 fully saturated rings. The first-order valence-electron chi connectivity index (χ1n) is 7.96. The first-order valence-corrected chi connectivity index (χ1v) is 10.4. The molecule has 0 bridgehead atoms. The van der Waals surface area contributed by atoms with Gasteiger partial charge < -0.3 is 0 Å². The number of sulfonamides is 1. The highest BCUT2D eigenvalue weighted by molar-refractivity contribution is 7.91. The van der Waals surface area contributed by atoms with E-state index in [0.717, 1.165) is 32.7 Å². The molecule has 132 valence electrons. The molecule has 0 saturated carbocycles. The van der Waals surface area contributed by atoms with Crippen LogP contribution in [0.3, 0.4) is 0 Å². The fourth-order valence-electron chi connectivity index (χ4n) is 2.71. The Morgan fingerprint density at radius 2 is 1.80 bits per heavy atom. The monoisotopic (exact) mass is 376 g/mol. The van der Waals surface area contributed by atoms with E-state index in [-0.39, 0.29) is 16.7 Å². The van der Waals surface area contributed by atoms with Gasteiger partial charge in [-0.3, -0.25) is 14.1 Å². The molecule has 1 aromatic heterocycles. The van der Waals surface area contributed by atoms with Gasteiger partial charge in [-0.15, -0.1) is 0 Å². The van der Waals surface area contributed by atoms with Crippen molar-refractivity contribution in [2.24, 2.45) is 0 Å². The first kappa shape index (κ1) is 17.7. The number of hydrogen-bond acceptors (Lipinski definition) is 4. The Bertz CT molecular complexity index is 1060. The summed E-state index contributed by atoms with van der Waals surface area (Å²) >= 11 is 1.13. The van der Waals surface area contributed by atoms with Gasteiger partial charge in [-0.25, -0.2) is 8.42 Å². The van der Waals surface area contributed by atoms with Crippen molar-refractivity contribution in [3.8, 4) is 0 Å². The van der Waals surface area contributed by atoms with Crippen molar-refractivity contribution < 1.29 is 8.42 Å². The summed E-state index contributed by atoms with van der Waals surface area (Å²) < 4.78 is 29.9. The molecule has 1 N–H and O–H groups in total. The van der Waals surface area contributed by atoms with Crippen LogP contribution >= 0.6 is 11.3 Å². The molecular formula is C18H20N2O3S2. The second kappa shape index (κ2) is 6.65. The van der Waals surface area contributed by atoms with Crippen LogP contribution in [-0.2, 0) is 15.8 Å². The molecule has 0 aliphatic carbocycles. The fraction of sp³-hybridized carbons (Fsp3) is 0.278. The molecule has 3 aromatic rings. The number of benzene rings is 2. The van der Waals surface area contributed by atoms with Crippen molar-refractivity contribution in [1.29, 1.82) is 0 Å². The molecule has 7 heteroatoms. The SMILES string of the molecule is Cc1ccc(CS(=O)(=O)Nc2ccc3c(c2)sc(=O)n3C(C)C)cc1. The van der Waals surface area contributed by atoms with Crippen molar-refractivity contribution in [3.63, 3.8) is 0 Å². The summed E-state index contributed by atoms with van der Waals surface area (Å²) in [4.78, 5) is 12.1. The summed E-state index contributed by atoms with van der Waals surface area (Å²) in [6, 6.07) is 12.7. The first-order chi connectivity index (χ1) is 11.7. The van der Waals surface area contributed by atoms with Gasteiger partial charge in [-0.2, -0.15) is 0 Å². The van der Waals surface area contributed by atoms with Crippen molar-refractivity contribution in [2.45, 2.75) is 32.6 Å². The summed E-state index contributed by atoms with van der Waals surface area (Å²) in [6.07, 6.45) is 0. The normalized spacial score (nSPS) is 12.0. The zero-order valence-electron chi connectivity index (χ0n) is 14.3. The standard InChI is InChI=1S/C18H20N2O3S2/c1-12(2)20-16-9-8-15(10-17(16)24-18(20)21)19-25(22,23)11-14-6-4-13(3)5-7-14/h4-10,12,19H,11H2,1-3H3. The maximum atomic E-state index is 12.4. The molecular weight excluding hydrogens is 356 g/mol. The number of fused-ring (bicyclic) bond motifs is 1. The van der Waals surface area contributed by atoms with Crippen LogP contribution in [0.5, 0.6) is 0 Å². The lowest BCUT2D eigenvalue weighted by atomic mass is 10.2. The molecule has 0 amide bonds. The predicted molar refractivity (Wildman–Crippen MR) is 104 cm³/mol. The third-order valence-electron chi connectivity index (χ3n) is 3.88. The van der Waals surface area contributed by atoms with E-state index in [4.69, 9.17) is 0 Å². The molecule has 0 aliphatic heterocycles. The number of aryl methyl sites for hydroxylation is 1. The summed E-state index contributed by atoms with van der Waals surface area (Å²) in [7, 11) is -3.52. The second-order valence-electron chi connectivity index (χ2n) is 6.36. The van der Waals surface area contributed by atoms with Crippen molar-refractivity contribution >= 4 is 37.3 Å². The lowest BCUT2D eigenvalue weighted by Gasteiger charge is -2.10. The molecule has 5 nitrogen and oxygen atoms in total. The Morgan fingerprint density at radius 3 is 2.44 bits per heavy atom. The molecule has 0 unspecified atom stereocenters. The minimum absolute atomic E-state index is 0.0373. The number of rotatable bonds is 5. The highest BCUT2D eigenvalue weighted by atomic mass is 32.2. The van der Waals surface area contributed by atoms with Crippen LogP contribution < -0.4 is 9.60 Å². The third kappa shape index (κ3) is 3.93. The molecule has 0 radical (unpaired) electrons. The maximum Gasteiger partial charge on any atom is 0.308 e. The zero-order valence-corrected chi connectivity index (χ0v) is 15.9. The number of nitrogens with zero attached hydrogens (tertiary/aromatic N) is 1. The Labute approximate surface area is 151 Å². The molecule has 1 heterocycles. The number of aromatic nitrogens is 1. The van der Waals surface area contributed by atoms with E-state index in [1.165, 1.54) is 0 Å². The summed E-state index contributed by atoms with van der Waals surface area (Å²) in [5.41, 5.74) is 3.11. The van der Waals surface area contributed by atoms with Gasteiger partial charge in [-0.1, -0.05) is 41.2 Å². The molecule has 0 aliphatic rings. The van der Waals surface area contributed by atoms with E-state index in [2.05, 4.69) is 4.72 Å². The summed E-state index contributed by atoms with van der Waals surface area (Å²) in [6.45, 7) is 5.86. The van der Waals surface area contributed by atoms with Gasteiger partial charge in [0.25, 0.3) is 0 Å². The smallest absolute Gasteiger partial charge is 0.296 e. The molecule has 0 atom stereocenters. The average Bonchev–Trinajstić information content (AvgIpc) is 2.84. The van der Waals surface area contributed by atoms with Crippen LogP contribution in [0.25, 0.3) is 10.2 Å². The van der Waals surface area contributed by atoms with Crippen LogP contribution in [0.2, 0.25) is 0 Å². The highest BCUT2D eigenvalue weighted by Crippen LogP contribution is 2.25. The Morgan fingerprint density at radius 1 is 1.12 bits per heavy atom. The number of hydrogen-bond donors (Lipinski definition) is 1.